The largest absolute Gasteiger partial charge is 0.490 e. The van der Waals surface area contributed by atoms with Gasteiger partial charge < -0.3 is 14.2 Å². The third kappa shape index (κ3) is 4.93. The van der Waals surface area contributed by atoms with Crippen LogP contribution < -0.4 is 14.2 Å². The summed E-state index contributed by atoms with van der Waals surface area (Å²) >= 11 is 0. The quantitative estimate of drug-likeness (QED) is 0.525. The SMILES string of the molecule is CCOc1cccc(OCC)c1OC(=O)C(C)(C)CC(C)C. The van der Waals surface area contributed by atoms with Gasteiger partial charge in [-0.1, -0.05) is 19.9 Å². The van der Waals surface area contributed by atoms with Crippen LogP contribution in [0.5, 0.6) is 17.2 Å². The molecule has 4 heteroatoms. The molecule has 0 aliphatic rings. The Hall–Kier alpha value is -1.71. The molecule has 1 aromatic carbocycles. The number of hydrogen-bond donors (Lipinski definition) is 0. The Morgan fingerprint density at radius 3 is 2.00 bits per heavy atom. The molecule has 0 aliphatic heterocycles. The number of benzene rings is 1. The number of ether oxygens (including phenoxy) is 3. The van der Waals surface area contributed by atoms with Gasteiger partial charge in [-0.25, -0.2) is 0 Å². The van der Waals surface area contributed by atoms with Crippen molar-refractivity contribution >= 4 is 5.97 Å². The average molecular weight is 308 g/mol. The van der Waals surface area contributed by atoms with Gasteiger partial charge in [0.1, 0.15) is 0 Å². The lowest BCUT2D eigenvalue weighted by Gasteiger charge is -2.25. The van der Waals surface area contributed by atoms with Crippen LogP contribution in [-0.2, 0) is 4.79 Å². The zero-order chi connectivity index (χ0) is 16.8. The van der Waals surface area contributed by atoms with Crippen LogP contribution in [0.25, 0.3) is 0 Å². The van der Waals surface area contributed by atoms with Crippen molar-refractivity contribution in [2.45, 2.75) is 48.0 Å². The maximum atomic E-state index is 12.5. The molecule has 0 fully saturated rings. The van der Waals surface area contributed by atoms with Crippen LogP contribution in [0.4, 0.5) is 0 Å². The molecule has 0 atom stereocenters. The van der Waals surface area contributed by atoms with Crippen molar-refractivity contribution in [1.29, 1.82) is 0 Å². The van der Waals surface area contributed by atoms with E-state index in [0.717, 1.165) is 6.42 Å². The minimum absolute atomic E-state index is 0.269. The van der Waals surface area contributed by atoms with Gasteiger partial charge in [0.2, 0.25) is 5.75 Å². The first kappa shape index (κ1) is 18.3. The highest BCUT2D eigenvalue weighted by molar-refractivity contribution is 5.79. The van der Waals surface area contributed by atoms with E-state index in [4.69, 9.17) is 14.2 Å². The van der Waals surface area contributed by atoms with Crippen molar-refractivity contribution in [1.82, 2.24) is 0 Å². The first-order valence-electron chi connectivity index (χ1n) is 7.92. The summed E-state index contributed by atoms with van der Waals surface area (Å²) in [5, 5.41) is 0. The van der Waals surface area contributed by atoms with Gasteiger partial charge in [0.25, 0.3) is 0 Å². The van der Waals surface area contributed by atoms with Crippen molar-refractivity contribution in [2.24, 2.45) is 11.3 Å². The number of carbonyl (C=O) groups is 1. The number of hydrogen-bond acceptors (Lipinski definition) is 4. The fourth-order valence-electron chi connectivity index (χ4n) is 2.47. The molecule has 0 unspecified atom stereocenters. The molecule has 22 heavy (non-hydrogen) atoms. The maximum Gasteiger partial charge on any atom is 0.317 e. The van der Waals surface area contributed by atoms with Crippen LogP contribution in [0, 0.1) is 11.3 Å². The van der Waals surface area contributed by atoms with E-state index in [2.05, 4.69) is 13.8 Å². The van der Waals surface area contributed by atoms with Gasteiger partial charge in [-0.15, -0.1) is 0 Å². The van der Waals surface area contributed by atoms with Gasteiger partial charge in [-0.05, 0) is 52.2 Å². The summed E-state index contributed by atoms with van der Waals surface area (Å²) < 4.78 is 16.8. The third-order valence-electron chi connectivity index (χ3n) is 3.21. The molecule has 0 N–H and O–H groups in total. The number of para-hydroxylation sites is 1. The molecule has 1 aromatic rings. The van der Waals surface area contributed by atoms with E-state index >= 15 is 0 Å². The summed E-state index contributed by atoms with van der Waals surface area (Å²) in [7, 11) is 0. The predicted molar refractivity (Wildman–Crippen MR) is 87.7 cm³/mol. The van der Waals surface area contributed by atoms with E-state index in [1.54, 1.807) is 12.1 Å². The Bertz CT molecular complexity index is 468. The third-order valence-corrected chi connectivity index (χ3v) is 3.21. The summed E-state index contributed by atoms with van der Waals surface area (Å²) in [4.78, 5) is 12.5. The molecule has 0 saturated carbocycles. The monoisotopic (exact) mass is 308 g/mol. The lowest BCUT2D eigenvalue weighted by molar-refractivity contribution is -0.145. The van der Waals surface area contributed by atoms with Crippen molar-refractivity contribution in [3.8, 4) is 17.2 Å². The Morgan fingerprint density at radius 2 is 1.59 bits per heavy atom. The number of carbonyl (C=O) groups excluding carboxylic acids is 1. The smallest absolute Gasteiger partial charge is 0.317 e. The minimum atomic E-state index is -0.559. The molecule has 0 heterocycles. The molecule has 0 aliphatic carbocycles. The molecule has 0 bridgehead atoms. The Morgan fingerprint density at radius 1 is 1.09 bits per heavy atom. The fraction of sp³-hybridized carbons (Fsp3) is 0.611. The highest BCUT2D eigenvalue weighted by atomic mass is 16.6. The molecule has 124 valence electrons. The van der Waals surface area contributed by atoms with Crippen molar-refractivity contribution < 1.29 is 19.0 Å². The van der Waals surface area contributed by atoms with E-state index in [1.165, 1.54) is 0 Å². The van der Waals surface area contributed by atoms with Crippen molar-refractivity contribution in [3.63, 3.8) is 0 Å². The van der Waals surface area contributed by atoms with Gasteiger partial charge in [-0.2, -0.15) is 0 Å². The van der Waals surface area contributed by atoms with Crippen LogP contribution in [0.1, 0.15) is 48.0 Å². The normalized spacial score (nSPS) is 11.4. The van der Waals surface area contributed by atoms with Gasteiger partial charge in [0.15, 0.2) is 11.5 Å². The lowest BCUT2D eigenvalue weighted by atomic mass is 9.84. The maximum absolute atomic E-state index is 12.5. The predicted octanol–water partition coefficient (Wildman–Crippen LogP) is 4.46. The first-order valence-corrected chi connectivity index (χ1v) is 7.92. The second-order valence-corrected chi connectivity index (χ2v) is 6.32. The molecule has 0 amide bonds. The molecular weight excluding hydrogens is 280 g/mol. The van der Waals surface area contributed by atoms with Crippen LogP contribution in [0.2, 0.25) is 0 Å². The minimum Gasteiger partial charge on any atom is -0.490 e. The average Bonchev–Trinajstić information content (AvgIpc) is 2.41. The Kier molecular flexibility index (Phi) is 6.72. The fourth-order valence-corrected chi connectivity index (χ4v) is 2.47. The van der Waals surface area contributed by atoms with Crippen LogP contribution >= 0.6 is 0 Å². The number of esters is 1. The highest BCUT2D eigenvalue weighted by Crippen LogP contribution is 2.39. The van der Waals surface area contributed by atoms with Crippen LogP contribution in [0.15, 0.2) is 18.2 Å². The zero-order valence-corrected chi connectivity index (χ0v) is 14.6. The molecule has 4 nitrogen and oxygen atoms in total. The topological polar surface area (TPSA) is 44.8 Å². The second-order valence-electron chi connectivity index (χ2n) is 6.32. The van der Waals surface area contributed by atoms with E-state index in [9.17, 15) is 4.79 Å². The van der Waals surface area contributed by atoms with Crippen molar-refractivity contribution in [3.05, 3.63) is 18.2 Å². The summed E-state index contributed by atoms with van der Waals surface area (Å²) in [6.45, 7) is 12.8. The Labute approximate surface area is 133 Å². The van der Waals surface area contributed by atoms with Gasteiger partial charge in [-0.3, -0.25) is 4.79 Å². The molecule has 1 rings (SSSR count). The first-order chi connectivity index (χ1) is 10.3. The summed E-state index contributed by atoms with van der Waals surface area (Å²) in [6, 6.07) is 5.39. The Balaban J connectivity index is 3.06. The summed E-state index contributed by atoms with van der Waals surface area (Å²) in [6.07, 6.45) is 0.757. The van der Waals surface area contributed by atoms with E-state index in [1.807, 2.05) is 33.8 Å². The molecular formula is C18H28O4. The van der Waals surface area contributed by atoms with E-state index in [0.29, 0.717) is 36.4 Å². The zero-order valence-electron chi connectivity index (χ0n) is 14.6. The molecule has 0 aromatic heterocycles. The second kappa shape index (κ2) is 8.06. The van der Waals surface area contributed by atoms with Crippen LogP contribution in [-0.4, -0.2) is 19.2 Å². The summed E-state index contributed by atoms with van der Waals surface area (Å²) in [5.41, 5.74) is -0.559. The van der Waals surface area contributed by atoms with Gasteiger partial charge in [0.05, 0.1) is 18.6 Å². The molecule has 0 spiro atoms. The highest BCUT2D eigenvalue weighted by Gasteiger charge is 2.32. The standard InChI is InChI=1S/C18H28O4/c1-7-20-14-10-9-11-15(21-8-2)16(14)22-17(19)18(5,6)12-13(3)4/h9-11,13H,7-8,12H2,1-6H3. The van der Waals surface area contributed by atoms with Crippen molar-refractivity contribution in [2.75, 3.05) is 13.2 Å². The number of rotatable bonds is 8. The van der Waals surface area contributed by atoms with Crippen LogP contribution in [0.3, 0.4) is 0 Å². The lowest BCUT2D eigenvalue weighted by Crippen LogP contribution is -2.30. The van der Waals surface area contributed by atoms with Gasteiger partial charge in [0, 0.05) is 0 Å². The van der Waals surface area contributed by atoms with Gasteiger partial charge >= 0.3 is 5.97 Å². The summed E-state index contributed by atoms with van der Waals surface area (Å²) in [5.74, 6) is 1.57. The molecule has 0 saturated heterocycles. The molecule has 0 radical (unpaired) electrons. The van der Waals surface area contributed by atoms with E-state index < -0.39 is 5.41 Å². The van der Waals surface area contributed by atoms with E-state index in [-0.39, 0.29) is 5.97 Å².